The number of ether oxygens (including phenoxy) is 1. The fraction of sp³-hybridized carbons (Fsp3) is 0.588. The van der Waals surface area contributed by atoms with E-state index in [2.05, 4.69) is 12.2 Å². The van der Waals surface area contributed by atoms with E-state index < -0.39 is 6.04 Å². The van der Waals surface area contributed by atoms with Crippen LogP contribution in [-0.2, 0) is 9.53 Å². The maximum atomic E-state index is 12.0. The van der Waals surface area contributed by atoms with Gasteiger partial charge in [0.15, 0.2) is 0 Å². The van der Waals surface area contributed by atoms with E-state index >= 15 is 0 Å². The van der Waals surface area contributed by atoms with Gasteiger partial charge in [0.2, 0.25) is 5.91 Å². The Morgan fingerprint density at radius 1 is 1.32 bits per heavy atom. The van der Waals surface area contributed by atoms with Gasteiger partial charge in [-0.15, -0.1) is 12.4 Å². The molecule has 1 aromatic carbocycles. The lowest BCUT2D eigenvalue weighted by atomic mass is 9.88. The first-order valence-electron chi connectivity index (χ1n) is 7.88. The summed E-state index contributed by atoms with van der Waals surface area (Å²) < 4.78 is 5.88. The fourth-order valence-electron chi connectivity index (χ4n) is 2.84. The summed E-state index contributed by atoms with van der Waals surface area (Å²) in [6.07, 6.45) is 5.29. The first kappa shape index (κ1) is 18.9. The maximum Gasteiger partial charge on any atom is 0.241 e. The molecule has 0 aromatic heterocycles. The number of carbonyl (C=O) groups excluding carboxylic acids is 1. The predicted molar refractivity (Wildman–Crippen MR) is 91.0 cm³/mol. The highest BCUT2D eigenvalue weighted by Gasteiger charge is 2.21. The Hall–Kier alpha value is -1.10. The molecule has 0 bridgehead atoms. The summed E-state index contributed by atoms with van der Waals surface area (Å²) in [7, 11) is 0. The van der Waals surface area contributed by atoms with E-state index in [-0.39, 0.29) is 18.3 Å². The number of halogens is 1. The summed E-state index contributed by atoms with van der Waals surface area (Å²) in [4.78, 5) is 12.0. The molecule has 3 N–H and O–H groups in total. The summed E-state index contributed by atoms with van der Waals surface area (Å²) >= 11 is 0. The molecule has 2 rings (SSSR count). The number of amides is 1. The van der Waals surface area contributed by atoms with E-state index in [1.807, 2.05) is 30.3 Å². The molecule has 5 heteroatoms. The molecule has 1 amide bonds. The third-order valence-corrected chi connectivity index (χ3v) is 4.21. The highest BCUT2D eigenvalue weighted by atomic mass is 35.5. The Bertz CT molecular complexity index is 442. The Morgan fingerprint density at radius 3 is 2.68 bits per heavy atom. The third-order valence-electron chi connectivity index (χ3n) is 4.21. The van der Waals surface area contributed by atoms with Gasteiger partial charge < -0.3 is 15.8 Å². The quantitative estimate of drug-likeness (QED) is 0.790. The van der Waals surface area contributed by atoms with Crippen molar-refractivity contribution in [1.29, 1.82) is 0 Å². The molecule has 1 saturated carbocycles. The molecule has 124 valence electrons. The smallest absolute Gasteiger partial charge is 0.241 e. The zero-order chi connectivity index (χ0) is 15.1. The first-order valence-corrected chi connectivity index (χ1v) is 7.88. The average molecular weight is 327 g/mol. The molecular formula is C17H27ClN2O2. The number of benzene rings is 1. The molecule has 0 aliphatic heterocycles. The number of carbonyl (C=O) groups is 1. The largest absolute Gasteiger partial charge is 0.376 e. The van der Waals surface area contributed by atoms with Gasteiger partial charge in [0, 0.05) is 6.54 Å². The maximum absolute atomic E-state index is 12.0. The SMILES string of the molecule is CC1CCCCC1OCCNC(=O)C(N)c1ccccc1.Cl. The lowest BCUT2D eigenvalue weighted by Gasteiger charge is -2.28. The van der Waals surface area contributed by atoms with Gasteiger partial charge >= 0.3 is 0 Å². The van der Waals surface area contributed by atoms with Crippen molar-refractivity contribution in [3.63, 3.8) is 0 Å². The Kier molecular flexibility index (Phi) is 8.46. The van der Waals surface area contributed by atoms with E-state index in [1.54, 1.807) is 0 Å². The van der Waals surface area contributed by atoms with Crippen LogP contribution < -0.4 is 11.1 Å². The molecule has 0 heterocycles. The van der Waals surface area contributed by atoms with Gasteiger partial charge in [-0.05, 0) is 24.3 Å². The van der Waals surface area contributed by atoms with Gasteiger partial charge in [-0.3, -0.25) is 4.79 Å². The van der Waals surface area contributed by atoms with E-state index in [4.69, 9.17) is 10.5 Å². The van der Waals surface area contributed by atoms with Crippen LogP contribution in [0.2, 0.25) is 0 Å². The van der Waals surface area contributed by atoms with Gasteiger partial charge in [-0.25, -0.2) is 0 Å². The summed E-state index contributed by atoms with van der Waals surface area (Å²) in [6, 6.07) is 8.80. The van der Waals surface area contributed by atoms with Crippen LogP contribution in [0.1, 0.15) is 44.2 Å². The van der Waals surface area contributed by atoms with Gasteiger partial charge in [-0.2, -0.15) is 0 Å². The number of nitrogens with two attached hydrogens (primary N) is 1. The van der Waals surface area contributed by atoms with Crippen LogP contribution in [-0.4, -0.2) is 25.2 Å². The number of nitrogens with one attached hydrogen (secondary N) is 1. The van der Waals surface area contributed by atoms with Crippen molar-refractivity contribution < 1.29 is 9.53 Å². The zero-order valence-electron chi connectivity index (χ0n) is 13.2. The summed E-state index contributed by atoms with van der Waals surface area (Å²) in [5.41, 5.74) is 6.76. The summed E-state index contributed by atoms with van der Waals surface area (Å²) in [5.74, 6) is 0.475. The van der Waals surface area contributed by atoms with Crippen LogP contribution in [0, 0.1) is 5.92 Å². The fourth-order valence-corrected chi connectivity index (χ4v) is 2.84. The minimum atomic E-state index is -0.611. The second-order valence-corrected chi connectivity index (χ2v) is 5.85. The zero-order valence-corrected chi connectivity index (χ0v) is 14.0. The molecule has 0 radical (unpaired) electrons. The highest BCUT2D eigenvalue weighted by molar-refractivity contribution is 5.85. The van der Waals surface area contributed by atoms with Crippen LogP contribution in [0.4, 0.5) is 0 Å². The molecule has 22 heavy (non-hydrogen) atoms. The minimum Gasteiger partial charge on any atom is -0.376 e. The Labute approximate surface area is 139 Å². The second kappa shape index (κ2) is 9.82. The molecular weight excluding hydrogens is 300 g/mol. The van der Waals surface area contributed by atoms with E-state index in [0.29, 0.717) is 25.2 Å². The lowest BCUT2D eigenvalue weighted by molar-refractivity contribution is -0.123. The number of rotatable bonds is 6. The molecule has 1 aliphatic carbocycles. The molecule has 3 unspecified atom stereocenters. The van der Waals surface area contributed by atoms with Gasteiger partial charge in [0.05, 0.1) is 12.7 Å². The minimum absolute atomic E-state index is 0. The monoisotopic (exact) mass is 326 g/mol. The van der Waals surface area contributed by atoms with E-state index in [9.17, 15) is 4.79 Å². The van der Waals surface area contributed by atoms with Crippen LogP contribution >= 0.6 is 12.4 Å². The summed E-state index contributed by atoms with van der Waals surface area (Å²) in [5, 5.41) is 2.85. The van der Waals surface area contributed by atoms with Crippen molar-refractivity contribution in [1.82, 2.24) is 5.32 Å². The van der Waals surface area contributed by atoms with E-state index in [1.165, 1.54) is 19.3 Å². The summed E-state index contributed by atoms with van der Waals surface area (Å²) in [6.45, 7) is 3.32. The van der Waals surface area contributed by atoms with Crippen molar-refractivity contribution in [2.24, 2.45) is 11.7 Å². The normalized spacial score (nSPS) is 22.5. The Morgan fingerprint density at radius 2 is 2.00 bits per heavy atom. The van der Waals surface area contributed by atoms with Gasteiger partial charge in [0.1, 0.15) is 6.04 Å². The van der Waals surface area contributed by atoms with E-state index in [0.717, 1.165) is 12.0 Å². The Balaban J connectivity index is 0.00000242. The van der Waals surface area contributed by atoms with Crippen LogP contribution in [0.5, 0.6) is 0 Å². The van der Waals surface area contributed by atoms with Crippen molar-refractivity contribution in [3.8, 4) is 0 Å². The number of hydrogen-bond donors (Lipinski definition) is 2. The molecule has 1 fully saturated rings. The first-order chi connectivity index (χ1) is 10.2. The average Bonchev–Trinajstić information content (AvgIpc) is 2.53. The third kappa shape index (κ3) is 5.59. The van der Waals surface area contributed by atoms with Gasteiger partial charge in [-0.1, -0.05) is 50.1 Å². The molecule has 1 aliphatic rings. The second-order valence-electron chi connectivity index (χ2n) is 5.85. The lowest BCUT2D eigenvalue weighted by Crippen LogP contribution is -2.37. The number of hydrogen-bond acceptors (Lipinski definition) is 3. The van der Waals surface area contributed by atoms with Gasteiger partial charge in [0.25, 0.3) is 0 Å². The standard InChI is InChI=1S/C17H26N2O2.ClH/c1-13-7-5-6-10-15(13)21-12-11-19-17(20)16(18)14-8-3-2-4-9-14;/h2-4,8-9,13,15-16H,5-7,10-12,18H2,1H3,(H,19,20);1H. The van der Waals surface area contributed by atoms with Crippen molar-refractivity contribution in [2.45, 2.75) is 44.8 Å². The molecule has 0 saturated heterocycles. The van der Waals surface area contributed by atoms with Crippen LogP contribution in [0.15, 0.2) is 30.3 Å². The van der Waals surface area contributed by atoms with Crippen LogP contribution in [0.25, 0.3) is 0 Å². The highest BCUT2D eigenvalue weighted by Crippen LogP contribution is 2.25. The topological polar surface area (TPSA) is 64.3 Å². The van der Waals surface area contributed by atoms with Crippen molar-refractivity contribution >= 4 is 18.3 Å². The van der Waals surface area contributed by atoms with Crippen molar-refractivity contribution in [3.05, 3.63) is 35.9 Å². The molecule has 3 atom stereocenters. The van der Waals surface area contributed by atoms with Crippen molar-refractivity contribution in [2.75, 3.05) is 13.2 Å². The van der Waals surface area contributed by atoms with Crippen LogP contribution in [0.3, 0.4) is 0 Å². The molecule has 4 nitrogen and oxygen atoms in total. The molecule has 1 aromatic rings. The predicted octanol–water partition coefficient (Wildman–Crippen LogP) is 2.82. The molecule has 0 spiro atoms.